The maximum Gasteiger partial charge on any atom is 0.339 e. The first-order valence-electron chi connectivity index (χ1n) is 9.68. The molecule has 1 amide bonds. The minimum atomic E-state index is -1.12. The molecule has 0 unspecified atom stereocenters. The van der Waals surface area contributed by atoms with Crippen LogP contribution in [0.5, 0.6) is 5.75 Å². The van der Waals surface area contributed by atoms with Gasteiger partial charge < -0.3 is 14.7 Å². The Morgan fingerprint density at radius 3 is 2.50 bits per heavy atom. The van der Waals surface area contributed by atoms with Gasteiger partial charge in [0, 0.05) is 36.2 Å². The summed E-state index contributed by atoms with van der Waals surface area (Å²) >= 11 is 3.24. The molecule has 8 heteroatoms. The minimum Gasteiger partial charge on any atom is -0.483 e. The Balaban J connectivity index is 1.60. The monoisotopic (exact) mass is 478 g/mol. The Labute approximate surface area is 183 Å². The van der Waals surface area contributed by atoms with Crippen LogP contribution >= 0.6 is 15.9 Å². The maximum absolute atomic E-state index is 13.1. The highest BCUT2D eigenvalue weighted by molar-refractivity contribution is 9.10. The van der Waals surface area contributed by atoms with Crippen LogP contribution in [0.4, 0.5) is 4.39 Å². The highest BCUT2D eigenvalue weighted by Crippen LogP contribution is 2.24. The number of amides is 1. The van der Waals surface area contributed by atoms with Gasteiger partial charge in [0.25, 0.3) is 5.91 Å². The lowest BCUT2D eigenvalue weighted by molar-refractivity contribution is -0.139. The van der Waals surface area contributed by atoms with Crippen LogP contribution in [-0.4, -0.2) is 58.6 Å². The zero-order valence-electron chi connectivity index (χ0n) is 16.8. The lowest BCUT2D eigenvalue weighted by Crippen LogP contribution is -2.58. The van der Waals surface area contributed by atoms with Crippen LogP contribution < -0.4 is 4.74 Å². The van der Waals surface area contributed by atoms with Gasteiger partial charge >= 0.3 is 5.97 Å². The van der Waals surface area contributed by atoms with Gasteiger partial charge in [-0.15, -0.1) is 0 Å². The number of carbonyl (C=O) groups excluding carboxylic acids is 1. The fraction of sp³-hybridized carbons (Fsp3) is 0.364. The number of halogens is 2. The van der Waals surface area contributed by atoms with Crippen LogP contribution in [-0.2, 0) is 11.3 Å². The zero-order chi connectivity index (χ0) is 21.8. The third kappa shape index (κ3) is 5.37. The van der Waals surface area contributed by atoms with Crippen LogP contribution in [0.3, 0.4) is 0 Å². The minimum absolute atomic E-state index is 0.00251. The molecule has 1 fully saturated rings. The zero-order valence-corrected chi connectivity index (χ0v) is 18.4. The summed E-state index contributed by atoms with van der Waals surface area (Å²) in [7, 11) is 0. The summed E-state index contributed by atoms with van der Waals surface area (Å²) in [5.41, 5.74) is 1.03. The number of nitrogens with zero attached hydrogens (tertiary/aromatic N) is 2. The Morgan fingerprint density at radius 2 is 1.83 bits per heavy atom. The quantitative estimate of drug-likeness (QED) is 0.683. The van der Waals surface area contributed by atoms with E-state index in [4.69, 9.17) is 4.74 Å². The predicted molar refractivity (Wildman–Crippen MR) is 114 cm³/mol. The number of aromatic carboxylic acids is 1. The van der Waals surface area contributed by atoms with Gasteiger partial charge in [-0.3, -0.25) is 9.69 Å². The van der Waals surface area contributed by atoms with E-state index in [0.29, 0.717) is 24.1 Å². The van der Waals surface area contributed by atoms with Gasteiger partial charge in [-0.2, -0.15) is 0 Å². The number of hydrogen-bond acceptors (Lipinski definition) is 4. The van der Waals surface area contributed by atoms with Crippen molar-refractivity contribution in [2.75, 3.05) is 19.7 Å². The van der Waals surface area contributed by atoms with E-state index in [1.54, 1.807) is 23.1 Å². The van der Waals surface area contributed by atoms with E-state index in [2.05, 4.69) is 20.8 Å². The molecule has 1 heterocycles. The molecule has 2 atom stereocenters. The van der Waals surface area contributed by atoms with E-state index in [9.17, 15) is 19.1 Å². The molecule has 2 aromatic carbocycles. The largest absolute Gasteiger partial charge is 0.483 e. The van der Waals surface area contributed by atoms with Crippen molar-refractivity contribution in [2.24, 2.45) is 0 Å². The molecule has 1 N–H and O–H groups in total. The van der Waals surface area contributed by atoms with Crippen LogP contribution in [0.2, 0.25) is 0 Å². The fourth-order valence-electron chi connectivity index (χ4n) is 3.61. The highest BCUT2D eigenvalue weighted by atomic mass is 79.9. The van der Waals surface area contributed by atoms with Crippen LogP contribution in [0.15, 0.2) is 46.9 Å². The standard InChI is InChI=1S/C22H24BrFN2O4/c1-14-11-26(15(2)10-25(14)12-16-3-6-18(24)7-4-16)21(27)13-30-20-8-5-17(23)9-19(20)22(28)29/h3-9,14-15H,10-13H2,1-2H3,(H,28,29)/t14-,15+/m1/s1. The molecule has 30 heavy (non-hydrogen) atoms. The first kappa shape index (κ1) is 22.2. The summed E-state index contributed by atoms with van der Waals surface area (Å²) in [6.07, 6.45) is 0. The van der Waals surface area contributed by atoms with Gasteiger partial charge in [-0.1, -0.05) is 28.1 Å². The number of rotatable bonds is 6. The number of hydrogen-bond donors (Lipinski definition) is 1. The molecule has 1 saturated heterocycles. The van der Waals surface area contributed by atoms with Crippen molar-refractivity contribution >= 4 is 27.8 Å². The number of carbonyl (C=O) groups is 2. The van der Waals surface area contributed by atoms with Crippen molar-refractivity contribution < 1.29 is 23.8 Å². The van der Waals surface area contributed by atoms with Gasteiger partial charge in [0.15, 0.2) is 6.61 Å². The average Bonchev–Trinajstić information content (AvgIpc) is 2.70. The van der Waals surface area contributed by atoms with E-state index in [1.165, 1.54) is 24.3 Å². The molecule has 3 rings (SSSR count). The first-order chi connectivity index (χ1) is 14.2. The second-order valence-electron chi connectivity index (χ2n) is 7.53. The molecular formula is C22H24BrFN2O4. The molecule has 2 aromatic rings. The topological polar surface area (TPSA) is 70.1 Å². The Morgan fingerprint density at radius 1 is 1.13 bits per heavy atom. The third-order valence-electron chi connectivity index (χ3n) is 5.26. The Kier molecular flexibility index (Phi) is 7.10. The van der Waals surface area contributed by atoms with Gasteiger partial charge in [0.2, 0.25) is 0 Å². The van der Waals surface area contributed by atoms with Gasteiger partial charge in [0.1, 0.15) is 17.1 Å². The number of piperazine rings is 1. The average molecular weight is 479 g/mol. The maximum atomic E-state index is 13.1. The van der Waals surface area contributed by atoms with E-state index in [0.717, 1.165) is 5.56 Å². The number of benzene rings is 2. The van der Waals surface area contributed by atoms with Crippen LogP contribution in [0.1, 0.15) is 29.8 Å². The number of ether oxygens (including phenoxy) is 1. The Hall–Kier alpha value is -2.45. The molecular weight excluding hydrogens is 455 g/mol. The molecule has 0 bridgehead atoms. The van der Waals surface area contributed by atoms with Crippen LogP contribution in [0.25, 0.3) is 0 Å². The fourth-order valence-corrected chi connectivity index (χ4v) is 3.97. The molecule has 0 radical (unpaired) electrons. The summed E-state index contributed by atoms with van der Waals surface area (Å²) in [4.78, 5) is 28.2. The lowest BCUT2D eigenvalue weighted by atomic mass is 10.1. The summed E-state index contributed by atoms with van der Waals surface area (Å²) in [5, 5.41) is 9.32. The van der Waals surface area contributed by atoms with Crippen LogP contribution in [0, 0.1) is 5.82 Å². The normalized spacial score (nSPS) is 19.5. The smallest absolute Gasteiger partial charge is 0.339 e. The second-order valence-corrected chi connectivity index (χ2v) is 8.45. The van der Waals surface area contributed by atoms with Gasteiger partial charge in [-0.05, 0) is 49.7 Å². The Bertz CT molecular complexity index is 922. The van der Waals surface area contributed by atoms with E-state index >= 15 is 0 Å². The first-order valence-corrected chi connectivity index (χ1v) is 10.5. The number of carboxylic acids is 1. The van der Waals surface area contributed by atoms with Crippen molar-refractivity contribution in [2.45, 2.75) is 32.5 Å². The highest BCUT2D eigenvalue weighted by Gasteiger charge is 2.32. The molecule has 0 spiro atoms. The predicted octanol–water partition coefficient (Wildman–Crippen LogP) is 3.79. The number of carboxylic acid groups (broad SMARTS) is 1. The van der Waals surface area contributed by atoms with E-state index in [1.807, 2.05) is 13.8 Å². The molecule has 0 aromatic heterocycles. The van der Waals surface area contributed by atoms with Crippen molar-refractivity contribution in [1.29, 1.82) is 0 Å². The summed E-state index contributed by atoms with van der Waals surface area (Å²) in [5.74, 6) is -1.40. The molecule has 0 saturated carbocycles. The van der Waals surface area contributed by atoms with Gasteiger partial charge in [-0.25, -0.2) is 9.18 Å². The molecule has 1 aliphatic rings. The van der Waals surface area contributed by atoms with Crippen molar-refractivity contribution in [1.82, 2.24) is 9.80 Å². The molecule has 160 valence electrons. The molecule has 0 aliphatic carbocycles. The summed E-state index contributed by atoms with van der Waals surface area (Å²) < 4.78 is 19.3. The summed E-state index contributed by atoms with van der Waals surface area (Å²) in [6, 6.07) is 11.2. The molecule has 1 aliphatic heterocycles. The lowest BCUT2D eigenvalue weighted by Gasteiger charge is -2.44. The second kappa shape index (κ2) is 9.57. The van der Waals surface area contributed by atoms with Crippen molar-refractivity contribution in [3.63, 3.8) is 0 Å². The van der Waals surface area contributed by atoms with E-state index in [-0.39, 0.29) is 41.7 Å². The van der Waals surface area contributed by atoms with Gasteiger partial charge in [0.05, 0.1) is 0 Å². The third-order valence-corrected chi connectivity index (χ3v) is 5.75. The SMILES string of the molecule is C[C@@H]1CN(C(=O)COc2ccc(Br)cc2C(=O)O)[C@@H](C)CN1Cc1ccc(F)cc1. The van der Waals surface area contributed by atoms with Crippen molar-refractivity contribution in [3.8, 4) is 5.75 Å². The van der Waals surface area contributed by atoms with Crippen molar-refractivity contribution in [3.05, 3.63) is 63.9 Å². The van der Waals surface area contributed by atoms with E-state index < -0.39 is 5.97 Å². The summed E-state index contributed by atoms with van der Waals surface area (Å²) in [6.45, 7) is 5.71. The molecule has 6 nitrogen and oxygen atoms in total.